The molecule has 0 spiro atoms. The van der Waals surface area contributed by atoms with Crippen LogP contribution in [0.5, 0.6) is 0 Å². The summed E-state index contributed by atoms with van der Waals surface area (Å²) in [6.07, 6.45) is 1.78. The molecule has 0 amide bonds. The predicted octanol–water partition coefficient (Wildman–Crippen LogP) is 3.21. The Morgan fingerprint density at radius 3 is 2.42 bits per heavy atom. The highest BCUT2D eigenvalue weighted by molar-refractivity contribution is 5.84. The van der Waals surface area contributed by atoms with Crippen molar-refractivity contribution >= 4 is 11.5 Å². The van der Waals surface area contributed by atoms with E-state index >= 15 is 0 Å². The third-order valence-corrected chi connectivity index (χ3v) is 3.50. The zero-order chi connectivity index (χ0) is 14.2. The molecule has 1 heterocycles. The first-order chi connectivity index (χ1) is 8.88. The van der Waals surface area contributed by atoms with Crippen LogP contribution < -0.4 is 0 Å². The van der Waals surface area contributed by atoms with Crippen LogP contribution in [0.1, 0.15) is 25.8 Å². The molecular formula is C14H14F2O3. The summed E-state index contributed by atoms with van der Waals surface area (Å²) in [5.74, 6) is -2.95. The van der Waals surface area contributed by atoms with E-state index in [2.05, 4.69) is 0 Å². The number of hydrogen-bond donors (Lipinski definition) is 1. The highest BCUT2D eigenvalue weighted by atomic mass is 19.1. The molecule has 5 heteroatoms. The van der Waals surface area contributed by atoms with E-state index < -0.39 is 29.1 Å². The Morgan fingerprint density at radius 2 is 1.95 bits per heavy atom. The van der Waals surface area contributed by atoms with Gasteiger partial charge in [0.1, 0.15) is 11.6 Å². The van der Waals surface area contributed by atoms with E-state index in [1.54, 1.807) is 0 Å². The Morgan fingerprint density at radius 1 is 1.37 bits per heavy atom. The van der Waals surface area contributed by atoms with Crippen LogP contribution in [0.15, 0.2) is 24.5 Å². The summed E-state index contributed by atoms with van der Waals surface area (Å²) in [5, 5.41) is 9.24. The maximum atomic E-state index is 13.2. The van der Waals surface area contributed by atoms with Crippen LogP contribution in [0.25, 0.3) is 5.57 Å². The van der Waals surface area contributed by atoms with Crippen LogP contribution >= 0.6 is 0 Å². The molecule has 0 fully saturated rings. The van der Waals surface area contributed by atoms with Crippen molar-refractivity contribution in [3.8, 4) is 0 Å². The second-order valence-corrected chi connectivity index (χ2v) is 4.72. The zero-order valence-corrected chi connectivity index (χ0v) is 10.6. The van der Waals surface area contributed by atoms with Crippen molar-refractivity contribution in [2.75, 3.05) is 0 Å². The lowest BCUT2D eigenvalue weighted by molar-refractivity contribution is -0.158. The van der Waals surface area contributed by atoms with Crippen molar-refractivity contribution in [2.45, 2.75) is 25.9 Å². The van der Waals surface area contributed by atoms with Crippen molar-refractivity contribution in [3.63, 3.8) is 0 Å². The first kappa shape index (κ1) is 13.5. The van der Waals surface area contributed by atoms with Crippen molar-refractivity contribution in [2.24, 2.45) is 5.92 Å². The summed E-state index contributed by atoms with van der Waals surface area (Å²) in [5.41, 5.74) is -0.576. The Labute approximate surface area is 109 Å². The molecule has 1 aliphatic heterocycles. The van der Waals surface area contributed by atoms with Gasteiger partial charge in [0.25, 0.3) is 0 Å². The van der Waals surface area contributed by atoms with Gasteiger partial charge in [0, 0.05) is 17.6 Å². The van der Waals surface area contributed by atoms with Gasteiger partial charge in [0.05, 0.1) is 6.26 Å². The van der Waals surface area contributed by atoms with Crippen LogP contribution in [-0.4, -0.2) is 16.7 Å². The first-order valence-electron chi connectivity index (χ1n) is 5.96. The van der Waals surface area contributed by atoms with Gasteiger partial charge in [-0.1, -0.05) is 6.92 Å². The van der Waals surface area contributed by atoms with Crippen molar-refractivity contribution in [3.05, 3.63) is 41.7 Å². The minimum absolute atomic E-state index is 0.314. The number of benzene rings is 1. The largest absolute Gasteiger partial charge is 0.482 e. The van der Waals surface area contributed by atoms with Gasteiger partial charge in [-0.15, -0.1) is 0 Å². The molecule has 2 rings (SSSR count). The normalized spacial score (nSPS) is 25.9. The van der Waals surface area contributed by atoms with Crippen LogP contribution in [-0.2, 0) is 9.53 Å². The molecule has 0 radical (unpaired) electrons. The van der Waals surface area contributed by atoms with E-state index in [1.807, 2.05) is 6.92 Å². The predicted molar refractivity (Wildman–Crippen MR) is 65.2 cm³/mol. The topological polar surface area (TPSA) is 46.5 Å². The van der Waals surface area contributed by atoms with E-state index in [0.717, 1.165) is 6.07 Å². The summed E-state index contributed by atoms with van der Waals surface area (Å²) in [6, 6.07) is 3.13. The van der Waals surface area contributed by atoms with Crippen molar-refractivity contribution < 1.29 is 23.4 Å². The molecule has 0 aromatic heterocycles. The fourth-order valence-electron chi connectivity index (χ4n) is 2.45. The maximum absolute atomic E-state index is 13.2. The molecule has 2 unspecified atom stereocenters. The molecule has 0 saturated heterocycles. The maximum Gasteiger partial charge on any atom is 0.348 e. The molecule has 102 valence electrons. The number of hydrogen-bond acceptors (Lipinski definition) is 2. The molecule has 0 saturated carbocycles. The Kier molecular flexibility index (Phi) is 3.30. The number of ether oxygens (including phenoxy) is 1. The Hall–Kier alpha value is -1.91. The van der Waals surface area contributed by atoms with E-state index in [4.69, 9.17) is 4.74 Å². The van der Waals surface area contributed by atoms with Gasteiger partial charge < -0.3 is 9.84 Å². The van der Waals surface area contributed by atoms with Gasteiger partial charge in [-0.25, -0.2) is 13.6 Å². The summed E-state index contributed by atoms with van der Waals surface area (Å²) in [7, 11) is 0. The van der Waals surface area contributed by atoms with Gasteiger partial charge in [0.2, 0.25) is 5.60 Å². The third-order valence-electron chi connectivity index (χ3n) is 3.50. The molecule has 3 nitrogen and oxygen atoms in total. The van der Waals surface area contributed by atoms with Gasteiger partial charge >= 0.3 is 5.97 Å². The zero-order valence-electron chi connectivity index (χ0n) is 10.6. The van der Waals surface area contributed by atoms with E-state index in [0.29, 0.717) is 17.6 Å². The van der Waals surface area contributed by atoms with E-state index in [-0.39, 0.29) is 0 Å². The second kappa shape index (κ2) is 4.64. The standard InChI is InChI=1S/C14H14F2O3/c1-3-12-11(7-19-14(12,2)13(17)18)8-4-9(15)6-10(16)5-8/h4-7,12H,3H2,1-2H3,(H,17,18). The smallest absolute Gasteiger partial charge is 0.348 e. The summed E-state index contributed by atoms with van der Waals surface area (Å²) < 4.78 is 31.7. The monoisotopic (exact) mass is 268 g/mol. The fraction of sp³-hybridized carbons (Fsp3) is 0.357. The number of carboxylic acids is 1. The number of aliphatic carboxylic acids is 1. The highest BCUT2D eigenvalue weighted by Gasteiger charge is 2.48. The molecule has 0 bridgehead atoms. The minimum atomic E-state index is -1.40. The SMILES string of the molecule is CCC1C(c2cc(F)cc(F)c2)=COC1(C)C(=O)O. The highest BCUT2D eigenvalue weighted by Crippen LogP contribution is 2.42. The van der Waals surface area contributed by atoms with Crippen LogP contribution in [0, 0.1) is 17.6 Å². The summed E-state index contributed by atoms with van der Waals surface area (Å²) >= 11 is 0. The first-order valence-corrected chi connectivity index (χ1v) is 5.96. The minimum Gasteiger partial charge on any atom is -0.482 e. The molecular weight excluding hydrogens is 254 g/mol. The van der Waals surface area contributed by atoms with Crippen LogP contribution in [0.4, 0.5) is 8.78 Å². The lowest BCUT2D eigenvalue weighted by Crippen LogP contribution is -2.41. The summed E-state index contributed by atoms with van der Waals surface area (Å²) in [6.45, 7) is 3.27. The number of carboxylic acid groups (broad SMARTS) is 1. The number of carbonyl (C=O) groups is 1. The molecule has 2 atom stereocenters. The average Bonchev–Trinajstić information content (AvgIpc) is 2.66. The average molecular weight is 268 g/mol. The summed E-state index contributed by atoms with van der Waals surface area (Å²) in [4.78, 5) is 11.3. The molecule has 19 heavy (non-hydrogen) atoms. The van der Waals surface area contributed by atoms with Gasteiger partial charge in [0.15, 0.2) is 0 Å². The Bertz CT molecular complexity index is 533. The number of rotatable bonds is 3. The lowest BCUT2D eigenvalue weighted by atomic mass is 9.80. The quantitative estimate of drug-likeness (QED) is 0.915. The molecule has 1 aromatic carbocycles. The fourth-order valence-corrected chi connectivity index (χ4v) is 2.45. The van der Waals surface area contributed by atoms with Gasteiger partial charge in [-0.05, 0) is 31.0 Å². The van der Waals surface area contributed by atoms with E-state index in [9.17, 15) is 18.7 Å². The van der Waals surface area contributed by atoms with Gasteiger partial charge in [-0.3, -0.25) is 0 Å². The molecule has 1 N–H and O–H groups in total. The lowest BCUT2D eigenvalue weighted by Gasteiger charge is -2.27. The molecule has 0 aliphatic carbocycles. The van der Waals surface area contributed by atoms with Crippen LogP contribution in [0.2, 0.25) is 0 Å². The van der Waals surface area contributed by atoms with Crippen LogP contribution in [0.3, 0.4) is 0 Å². The van der Waals surface area contributed by atoms with Crippen molar-refractivity contribution in [1.82, 2.24) is 0 Å². The number of halogens is 2. The Balaban J connectivity index is 2.43. The van der Waals surface area contributed by atoms with Crippen molar-refractivity contribution in [1.29, 1.82) is 0 Å². The second-order valence-electron chi connectivity index (χ2n) is 4.72. The van der Waals surface area contributed by atoms with Gasteiger partial charge in [-0.2, -0.15) is 0 Å². The molecule has 1 aliphatic rings. The molecule has 1 aromatic rings. The third kappa shape index (κ3) is 2.20. The van der Waals surface area contributed by atoms with E-state index in [1.165, 1.54) is 25.3 Å².